The topological polar surface area (TPSA) is 53.3 Å². The molecule has 0 bridgehead atoms. The molecule has 1 amide bonds. The molecular weight excluding hydrogens is 348 g/mol. The molecule has 2 atom stereocenters. The molecule has 1 saturated heterocycles. The number of hydrogen-bond acceptors (Lipinski definition) is 3. The Balaban J connectivity index is 1.41. The van der Waals surface area contributed by atoms with Gasteiger partial charge in [-0.25, -0.2) is 0 Å². The Labute approximate surface area is 167 Å². The molecule has 0 aliphatic carbocycles. The van der Waals surface area contributed by atoms with E-state index in [0.717, 1.165) is 25.8 Å². The molecule has 1 heterocycles. The van der Waals surface area contributed by atoms with Crippen LogP contribution >= 0.6 is 0 Å². The zero-order valence-electron chi connectivity index (χ0n) is 16.7. The first-order valence-corrected chi connectivity index (χ1v) is 10.1. The minimum atomic E-state index is 0.244. The van der Waals surface area contributed by atoms with Gasteiger partial charge in [-0.1, -0.05) is 35.9 Å². The van der Waals surface area contributed by atoms with Gasteiger partial charge < -0.3 is 9.64 Å². The lowest BCUT2D eigenvalue weighted by molar-refractivity contribution is -0.131. The van der Waals surface area contributed by atoms with E-state index in [1.54, 1.807) is 12.1 Å². The molecule has 146 valence electrons. The normalized spacial score (nSPS) is 18.7. The SMILES string of the molecule is Cc1ccc([C@@H]2C[C@@H](C)N(C(=O)CCCCOc3cccc(C#N)c3)C2)cc1. The highest BCUT2D eigenvalue weighted by Gasteiger charge is 2.32. The summed E-state index contributed by atoms with van der Waals surface area (Å²) in [7, 11) is 0. The summed E-state index contributed by atoms with van der Waals surface area (Å²) in [5.74, 6) is 1.39. The molecule has 28 heavy (non-hydrogen) atoms. The first-order valence-electron chi connectivity index (χ1n) is 10.1. The van der Waals surface area contributed by atoms with Crippen LogP contribution in [0.2, 0.25) is 0 Å². The van der Waals surface area contributed by atoms with Gasteiger partial charge in [0.2, 0.25) is 5.91 Å². The molecule has 0 spiro atoms. The first kappa shape index (κ1) is 19.9. The van der Waals surface area contributed by atoms with Gasteiger partial charge in [0.05, 0.1) is 18.2 Å². The molecule has 0 N–H and O–H groups in total. The third kappa shape index (κ3) is 5.13. The van der Waals surface area contributed by atoms with Crippen LogP contribution in [0.1, 0.15) is 55.2 Å². The molecule has 0 saturated carbocycles. The highest BCUT2D eigenvalue weighted by molar-refractivity contribution is 5.77. The molecule has 1 aliphatic rings. The summed E-state index contributed by atoms with van der Waals surface area (Å²) in [4.78, 5) is 14.7. The monoisotopic (exact) mass is 376 g/mol. The Hall–Kier alpha value is -2.80. The maximum atomic E-state index is 12.7. The van der Waals surface area contributed by atoms with Crippen molar-refractivity contribution in [2.75, 3.05) is 13.2 Å². The van der Waals surface area contributed by atoms with E-state index >= 15 is 0 Å². The predicted molar refractivity (Wildman–Crippen MR) is 110 cm³/mol. The summed E-state index contributed by atoms with van der Waals surface area (Å²) >= 11 is 0. The van der Waals surface area contributed by atoms with Gasteiger partial charge in [0, 0.05) is 24.9 Å². The number of ether oxygens (including phenoxy) is 1. The minimum Gasteiger partial charge on any atom is -0.494 e. The van der Waals surface area contributed by atoms with Crippen molar-refractivity contribution in [1.29, 1.82) is 5.26 Å². The van der Waals surface area contributed by atoms with Crippen LogP contribution in [0, 0.1) is 18.3 Å². The minimum absolute atomic E-state index is 0.244. The van der Waals surface area contributed by atoms with Crippen LogP contribution in [0.3, 0.4) is 0 Å². The lowest BCUT2D eigenvalue weighted by Crippen LogP contribution is -2.33. The fourth-order valence-corrected chi connectivity index (χ4v) is 3.83. The third-order valence-electron chi connectivity index (χ3n) is 5.46. The first-order chi connectivity index (χ1) is 13.6. The molecule has 1 fully saturated rings. The van der Waals surface area contributed by atoms with E-state index in [2.05, 4.69) is 44.2 Å². The highest BCUT2D eigenvalue weighted by Crippen LogP contribution is 2.32. The van der Waals surface area contributed by atoms with Gasteiger partial charge in [0.15, 0.2) is 0 Å². The number of unbranched alkanes of at least 4 members (excludes halogenated alkanes) is 1. The molecular formula is C24H28N2O2. The molecule has 3 rings (SSSR count). The van der Waals surface area contributed by atoms with E-state index in [1.807, 2.05) is 17.0 Å². The molecule has 2 aromatic carbocycles. The third-order valence-corrected chi connectivity index (χ3v) is 5.46. The standard InChI is InChI=1S/C24H28N2O2/c1-18-9-11-21(12-10-18)22-14-19(2)26(17-22)24(27)8-3-4-13-28-23-7-5-6-20(15-23)16-25/h5-7,9-12,15,19,22H,3-4,8,13-14,17H2,1-2H3/t19-,22-/m1/s1. The second-order valence-electron chi connectivity index (χ2n) is 7.68. The Morgan fingerprint density at radius 3 is 2.75 bits per heavy atom. The van der Waals surface area contributed by atoms with Gasteiger partial charge in [-0.15, -0.1) is 0 Å². The number of nitriles is 1. The van der Waals surface area contributed by atoms with Gasteiger partial charge in [-0.05, 0) is 56.9 Å². The van der Waals surface area contributed by atoms with Gasteiger partial charge in [-0.2, -0.15) is 5.26 Å². The van der Waals surface area contributed by atoms with Gasteiger partial charge in [-0.3, -0.25) is 4.79 Å². The number of nitrogens with zero attached hydrogens (tertiary/aromatic N) is 2. The van der Waals surface area contributed by atoms with Crippen molar-refractivity contribution in [2.45, 2.75) is 51.5 Å². The summed E-state index contributed by atoms with van der Waals surface area (Å²) in [5.41, 5.74) is 3.20. The van der Waals surface area contributed by atoms with E-state index in [-0.39, 0.29) is 5.91 Å². The summed E-state index contributed by atoms with van der Waals surface area (Å²) in [5, 5.41) is 8.91. The molecule has 4 heteroatoms. The summed E-state index contributed by atoms with van der Waals surface area (Å²) in [6.07, 6.45) is 3.24. The quantitative estimate of drug-likeness (QED) is 0.651. The largest absolute Gasteiger partial charge is 0.494 e. The van der Waals surface area contributed by atoms with Crippen LogP contribution in [0.5, 0.6) is 5.75 Å². The Morgan fingerprint density at radius 2 is 2.00 bits per heavy atom. The maximum Gasteiger partial charge on any atom is 0.222 e. The molecule has 0 unspecified atom stereocenters. The fourth-order valence-electron chi connectivity index (χ4n) is 3.83. The maximum absolute atomic E-state index is 12.7. The second-order valence-corrected chi connectivity index (χ2v) is 7.68. The number of amides is 1. The average Bonchev–Trinajstić information content (AvgIpc) is 3.10. The highest BCUT2D eigenvalue weighted by atomic mass is 16.5. The summed E-state index contributed by atoms with van der Waals surface area (Å²) < 4.78 is 5.69. The van der Waals surface area contributed by atoms with E-state index in [1.165, 1.54) is 11.1 Å². The van der Waals surface area contributed by atoms with Gasteiger partial charge in [0.25, 0.3) is 0 Å². The van der Waals surface area contributed by atoms with Crippen molar-refractivity contribution >= 4 is 5.91 Å². The van der Waals surface area contributed by atoms with Crippen LogP contribution in [0.15, 0.2) is 48.5 Å². The van der Waals surface area contributed by atoms with E-state index in [0.29, 0.717) is 36.3 Å². The lowest BCUT2D eigenvalue weighted by atomic mass is 9.96. The summed E-state index contributed by atoms with van der Waals surface area (Å²) in [6, 6.07) is 18.3. The van der Waals surface area contributed by atoms with Crippen molar-refractivity contribution in [2.24, 2.45) is 0 Å². The van der Waals surface area contributed by atoms with Gasteiger partial charge in [0.1, 0.15) is 5.75 Å². The van der Waals surface area contributed by atoms with Crippen molar-refractivity contribution < 1.29 is 9.53 Å². The number of carbonyl (C=O) groups excluding carboxylic acids is 1. The Morgan fingerprint density at radius 1 is 1.21 bits per heavy atom. The van der Waals surface area contributed by atoms with Crippen LogP contribution in [-0.2, 0) is 4.79 Å². The Bertz CT molecular complexity index is 838. The number of aryl methyl sites for hydroxylation is 1. The summed E-state index contributed by atoms with van der Waals surface area (Å²) in [6.45, 7) is 5.63. The van der Waals surface area contributed by atoms with Crippen LogP contribution in [-0.4, -0.2) is 30.0 Å². The van der Waals surface area contributed by atoms with E-state index in [9.17, 15) is 4.79 Å². The van der Waals surface area contributed by atoms with Crippen molar-refractivity contribution in [3.8, 4) is 11.8 Å². The second kappa shape index (κ2) is 9.41. The van der Waals surface area contributed by atoms with E-state index < -0.39 is 0 Å². The number of hydrogen-bond donors (Lipinski definition) is 0. The average molecular weight is 377 g/mol. The van der Waals surface area contributed by atoms with Crippen LogP contribution in [0.4, 0.5) is 0 Å². The number of rotatable bonds is 7. The Kier molecular flexibility index (Phi) is 6.71. The van der Waals surface area contributed by atoms with Crippen molar-refractivity contribution in [3.05, 3.63) is 65.2 Å². The number of carbonyl (C=O) groups is 1. The molecule has 1 aliphatic heterocycles. The number of likely N-dealkylation sites (tertiary alicyclic amines) is 1. The smallest absolute Gasteiger partial charge is 0.222 e. The zero-order chi connectivity index (χ0) is 19.9. The molecule has 2 aromatic rings. The van der Waals surface area contributed by atoms with Gasteiger partial charge >= 0.3 is 0 Å². The molecule has 0 radical (unpaired) electrons. The van der Waals surface area contributed by atoms with E-state index in [4.69, 9.17) is 10.00 Å². The number of benzene rings is 2. The molecule has 0 aromatic heterocycles. The van der Waals surface area contributed by atoms with Crippen molar-refractivity contribution in [1.82, 2.24) is 4.90 Å². The van der Waals surface area contributed by atoms with Crippen LogP contribution in [0.25, 0.3) is 0 Å². The van der Waals surface area contributed by atoms with Crippen LogP contribution < -0.4 is 4.74 Å². The zero-order valence-corrected chi connectivity index (χ0v) is 16.7. The predicted octanol–water partition coefficient (Wildman–Crippen LogP) is 4.82. The fraction of sp³-hybridized carbons (Fsp3) is 0.417. The van der Waals surface area contributed by atoms with Crippen molar-refractivity contribution in [3.63, 3.8) is 0 Å². The lowest BCUT2D eigenvalue weighted by Gasteiger charge is -2.21. The molecule has 4 nitrogen and oxygen atoms in total.